The van der Waals surface area contributed by atoms with E-state index in [1.807, 2.05) is 18.4 Å². The first kappa shape index (κ1) is 12.3. The molecule has 0 aliphatic rings. The van der Waals surface area contributed by atoms with E-state index in [1.54, 1.807) is 6.07 Å². The van der Waals surface area contributed by atoms with Crippen molar-refractivity contribution in [3.05, 3.63) is 28.8 Å². The van der Waals surface area contributed by atoms with Crippen LogP contribution >= 0.6 is 12.2 Å². The minimum absolute atomic E-state index is 0.201. The van der Waals surface area contributed by atoms with Crippen molar-refractivity contribution in [2.45, 2.75) is 26.5 Å². The molecular weight excluding hydrogens is 239 g/mol. The maximum Gasteiger partial charge on any atom is 0.178 e. The second kappa shape index (κ2) is 4.98. The number of benzene rings is 1. The predicted molar refractivity (Wildman–Crippen MR) is 68.2 cm³/mol. The minimum Gasteiger partial charge on any atom is -0.377 e. The number of imidazole rings is 1. The van der Waals surface area contributed by atoms with Gasteiger partial charge in [0.05, 0.1) is 23.7 Å². The molecule has 1 aromatic carbocycles. The summed E-state index contributed by atoms with van der Waals surface area (Å²) in [5.74, 6) is -0.265. The molecule has 0 saturated carbocycles. The molecule has 2 rings (SSSR count). The van der Waals surface area contributed by atoms with E-state index in [0.717, 1.165) is 11.0 Å². The Morgan fingerprint density at radius 3 is 2.94 bits per heavy atom. The Bertz CT molecular complexity index is 573. The molecular formula is C12H15FN2OS. The molecule has 0 bridgehead atoms. The van der Waals surface area contributed by atoms with Gasteiger partial charge in [-0.15, -0.1) is 0 Å². The van der Waals surface area contributed by atoms with Crippen molar-refractivity contribution in [2.75, 3.05) is 6.61 Å². The van der Waals surface area contributed by atoms with Crippen LogP contribution in [0.1, 0.15) is 13.8 Å². The average molecular weight is 254 g/mol. The van der Waals surface area contributed by atoms with Gasteiger partial charge in [-0.2, -0.15) is 0 Å². The molecule has 2 aromatic rings. The first-order valence-electron chi connectivity index (χ1n) is 5.57. The number of rotatable bonds is 4. The Kier molecular flexibility index (Phi) is 3.59. The molecule has 0 atom stereocenters. The number of H-pyrrole nitrogens is 1. The van der Waals surface area contributed by atoms with Gasteiger partial charge in [0.15, 0.2) is 4.77 Å². The molecule has 1 heterocycles. The molecule has 0 aliphatic heterocycles. The van der Waals surface area contributed by atoms with Crippen LogP contribution in [0.15, 0.2) is 18.2 Å². The fourth-order valence-corrected chi connectivity index (χ4v) is 2.04. The van der Waals surface area contributed by atoms with Gasteiger partial charge in [0.25, 0.3) is 0 Å². The molecule has 0 unspecified atom stereocenters. The van der Waals surface area contributed by atoms with Crippen LogP contribution in [0.5, 0.6) is 0 Å². The molecule has 3 nitrogen and oxygen atoms in total. The lowest BCUT2D eigenvalue weighted by atomic mass is 10.3. The third-order valence-corrected chi connectivity index (χ3v) is 2.82. The Labute approximate surface area is 104 Å². The molecule has 0 fully saturated rings. The number of hydrogen-bond acceptors (Lipinski definition) is 2. The van der Waals surface area contributed by atoms with E-state index >= 15 is 0 Å². The summed E-state index contributed by atoms with van der Waals surface area (Å²) in [6.07, 6.45) is 0.201. The standard InChI is InChI=1S/C12H15FN2OS/c1-8(2)16-6-5-15-11-4-3-9(13)7-10(11)14-12(15)17/h3-4,7-8H,5-6H2,1-2H3,(H,14,17). The zero-order chi connectivity index (χ0) is 12.4. The van der Waals surface area contributed by atoms with Crippen LogP contribution < -0.4 is 0 Å². The van der Waals surface area contributed by atoms with Crippen molar-refractivity contribution >= 4 is 23.3 Å². The summed E-state index contributed by atoms with van der Waals surface area (Å²) in [5, 5.41) is 0. The van der Waals surface area contributed by atoms with Gasteiger partial charge >= 0.3 is 0 Å². The van der Waals surface area contributed by atoms with E-state index in [-0.39, 0.29) is 11.9 Å². The highest BCUT2D eigenvalue weighted by atomic mass is 32.1. The number of nitrogens with zero attached hydrogens (tertiary/aromatic N) is 1. The lowest BCUT2D eigenvalue weighted by Gasteiger charge is -2.08. The summed E-state index contributed by atoms with van der Waals surface area (Å²) in [6.45, 7) is 5.24. The summed E-state index contributed by atoms with van der Waals surface area (Å²) in [5.41, 5.74) is 1.63. The Morgan fingerprint density at radius 1 is 1.47 bits per heavy atom. The molecule has 1 N–H and O–H groups in total. The van der Waals surface area contributed by atoms with Crippen LogP contribution in [-0.2, 0) is 11.3 Å². The van der Waals surface area contributed by atoms with Gasteiger partial charge in [-0.3, -0.25) is 0 Å². The lowest BCUT2D eigenvalue weighted by Crippen LogP contribution is -2.10. The second-order valence-corrected chi connectivity index (χ2v) is 4.55. The van der Waals surface area contributed by atoms with Crippen molar-refractivity contribution in [3.63, 3.8) is 0 Å². The average Bonchev–Trinajstić information content (AvgIpc) is 2.54. The molecule has 0 saturated heterocycles. The largest absolute Gasteiger partial charge is 0.377 e. The highest BCUT2D eigenvalue weighted by Crippen LogP contribution is 2.15. The molecule has 0 spiro atoms. The molecule has 92 valence electrons. The van der Waals surface area contributed by atoms with Crippen molar-refractivity contribution in [3.8, 4) is 0 Å². The van der Waals surface area contributed by atoms with E-state index in [4.69, 9.17) is 17.0 Å². The van der Waals surface area contributed by atoms with Crippen LogP contribution in [0.25, 0.3) is 11.0 Å². The van der Waals surface area contributed by atoms with Gasteiger partial charge in [-0.1, -0.05) is 0 Å². The van der Waals surface area contributed by atoms with E-state index in [0.29, 0.717) is 17.9 Å². The second-order valence-electron chi connectivity index (χ2n) is 4.16. The fourth-order valence-electron chi connectivity index (χ4n) is 1.74. The number of aromatic nitrogens is 2. The molecule has 0 radical (unpaired) electrons. The number of aromatic amines is 1. The third-order valence-electron chi connectivity index (χ3n) is 2.50. The highest BCUT2D eigenvalue weighted by Gasteiger charge is 2.05. The minimum atomic E-state index is -0.265. The monoisotopic (exact) mass is 254 g/mol. The predicted octanol–water partition coefficient (Wildman–Crippen LogP) is 3.26. The zero-order valence-corrected chi connectivity index (χ0v) is 10.7. The molecule has 17 heavy (non-hydrogen) atoms. The van der Waals surface area contributed by atoms with Crippen LogP contribution in [0.3, 0.4) is 0 Å². The maximum atomic E-state index is 13.0. The van der Waals surface area contributed by atoms with E-state index in [9.17, 15) is 4.39 Å². The summed E-state index contributed by atoms with van der Waals surface area (Å²) >= 11 is 5.20. The molecule has 0 amide bonds. The Morgan fingerprint density at radius 2 is 2.24 bits per heavy atom. The number of nitrogens with one attached hydrogen (secondary N) is 1. The summed E-state index contributed by atoms with van der Waals surface area (Å²) in [6, 6.07) is 4.61. The molecule has 0 aliphatic carbocycles. The zero-order valence-electron chi connectivity index (χ0n) is 9.87. The van der Waals surface area contributed by atoms with E-state index < -0.39 is 0 Å². The van der Waals surface area contributed by atoms with Crippen LogP contribution in [0.2, 0.25) is 0 Å². The number of hydrogen-bond donors (Lipinski definition) is 1. The van der Waals surface area contributed by atoms with Gasteiger partial charge < -0.3 is 14.3 Å². The first-order valence-corrected chi connectivity index (χ1v) is 5.98. The Balaban J connectivity index is 2.27. The number of ether oxygens (including phenoxy) is 1. The summed E-state index contributed by atoms with van der Waals surface area (Å²) < 4.78 is 21.1. The van der Waals surface area contributed by atoms with E-state index in [2.05, 4.69) is 4.98 Å². The quantitative estimate of drug-likeness (QED) is 0.849. The van der Waals surface area contributed by atoms with Crippen molar-refractivity contribution < 1.29 is 9.13 Å². The highest BCUT2D eigenvalue weighted by molar-refractivity contribution is 7.71. The number of halogens is 1. The molecule has 1 aromatic heterocycles. The fraction of sp³-hybridized carbons (Fsp3) is 0.417. The summed E-state index contributed by atoms with van der Waals surface area (Å²) in [7, 11) is 0. The van der Waals surface area contributed by atoms with Crippen LogP contribution in [0.4, 0.5) is 4.39 Å². The molecule has 5 heteroatoms. The third kappa shape index (κ3) is 2.73. The normalized spacial score (nSPS) is 11.5. The SMILES string of the molecule is CC(C)OCCn1c(=S)[nH]c2cc(F)ccc21. The van der Waals surface area contributed by atoms with Gasteiger partial charge in [0.2, 0.25) is 0 Å². The van der Waals surface area contributed by atoms with Crippen molar-refractivity contribution in [1.29, 1.82) is 0 Å². The van der Waals surface area contributed by atoms with Gasteiger partial charge in [-0.05, 0) is 44.3 Å². The number of fused-ring (bicyclic) bond motifs is 1. The topological polar surface area (TPSA) is 29.9 Å². The maximum absolute atomic E-state index is 13.0. The van der Waals surface area contributed by atoms with Crippen molar-refractivity contribution in [1.82, 2.24) is 9.55 Å². The van der Waals surface area contributed by atoms with Crippen LogP contribution in [-0.4, -0.2) is 22.3 Å². The smallest absolute Gasteiger partial charge is 0.178 e. The lowest BCUT2D eigenvalue weighted by molar-refractivity contribution is 0.0731. The van der Waals surface area contributed by atoms with E-state index in [1.165, 1.54) is 12.1 Å². The first-order chi connectivity index (χ1) is 8.08. The van der Waals surface area contributed by atoms with Crippen molar-refractivity contribution in [2.24, 2.45) is 0 Å². The van der Waals surface area contributed by atoms with Gasteiger partial charge in [0, 0.05) is 6.54 Å². The van der Waals surface area contributed by atoms with Gasteiger partial charge in [-0.25, -0.2) is 4.39 Å². The van der Waals surface area contributed by atoms with Gasteiger partial charge in [0.1, 0.15) is 5.82 Å². The summed E-state index contributed by atoms with van der Waals surface area (Å²) in [4.78, 5) is 2.99. The Hall–Kier alpha value is -1.20. The van der Waals surface area contributed by atoms with Crippen LogP contribution in [0, 0.1) is 10.6 Å².